The maximum Gasteiger partial charge on any atom is 0.306 e. The van der Waals surface area contributed by atoms with Gasteiger partial charge in [-0.1, -0.05) is 33.6 Å². The van der Waals surface area contributed by atoms with Crippen molar-refractivity contribution < 1.29 is 9.90 Å². The van der Waals surface area contributed by atoms with Crippen LogP contribution in [-0.4, -0.2) is 11.1 Å². The lowest BCUT2D eigenvalue weighted by Gasteiger charge is -2.13. The summed E-state index contributed by atoms with van der Waals surface area (Å²) < 4.78 is 0. The Labute approximate surface area is 75.0 Å². The molecule has 1 atom stereocenters. The highest BCUT2D eigenvalue weighted by Gasteiger charge is 2.17. The number of hydrogen-bond donors (Lipinski definition) is 1. The van der Waals surface area contributed by atoms with Crippen LogP contribution in [0.2, 0.25) is 0 Å². The van der Waals surface area contributed by atoms with Gasteiger partial charge in [0, 0.05) is 0 Å². The molecule has 0 spiro atoms. The summed E-state index contributed by atoms with van der Waals surface area (Å²) >= 11 is 0. The smallest absolute Gasteiger partial charge is 0.306 e. The normalized spacial score (nSPS) is 13.3. The molecule has 0 radical (unpaired) electrons. The summed E-state index contributed by atoms with van der Waals surface area (Å²) in [6, 6.07) is 0. The molecule has 2 heteroatoms. The Balaban J connectivity index is 3.78. The average molecular weight is 172 g/mol. The number of carboxylic acids is 1. The van der Waals surface area contributed by atoms with Gasteiger partial charge in [-0.3, -0.25) is 4.79 Å². The van der Waals surface area contributed by atoms with E-state index in [0.29, 0.717) is 5.92 Å². The first-order chi connectivity index (χ1) is 5.57. The van der Waals surface area contributed by atoms with Crippen LogP contribution in [0.15, 0.2) is 0 Å². The zero-order valence-electron chi connectivity index (χ0n) is 8.34. The highest BCUT2D eigenvalue weighted by Crippen LogP contribution is 2.18. The lowest BCUT2D eigenvalue weighted by atomic mass is 9.92. The van der Waals surface area contributed by atoms with E-state index in [0.717, 1.165) is 25.7 Å². The third-order valence-electron chi connectivity index (χ3n) is 2.01. The summed E-state index contributed by atoms with van der Waals surface area (Å²) in [5.74, 6) is -0.259. The van der Waals surface area contributed by atoms with Gasteiger partial charge in [-0.2, -0.15) is 0 Å². The van der Waals surface area contributed by atoms with Crippen molar-refractivity contribution >= 4 is 5.97 Å². The van der Waals surface area contributed by atoms with Crippen molar-refractivity contribution in [1.82, 2.24) is 0 Å². The number of hydrogen-bond acceptors (Lipinski definition) is 1. The number of unbranched alkanes of at least 4 members (excludes halogenated alkanes) is 1. The summed E-state index contributed by atoms with van der Waals surface area (Å²) in [5.41, 5.74) is 0. The van der Waals surface area contributed by atoms with Crippen LogP contribution in [0.25, 0.3) is 0 Å². The van der Waals surface area contributed by atoms with Crippen LogP contribution in [-0.2, 0) is 4.79 Å². The maximum atomic E-state index is 10.7. The van der Waals surface area contributed by atoms with Crippen molar-refractivity contribution in [2.45, 2.75) is 46.5 Å². The first kappa shape index (κ1) is 11.5. The molecule has 0 aromatic rings. The molecule has 0 saturated heterocycles. The minimum Gasteiger partial charge on any atom is -0.481 e. The molecular weight excluding hydrogens is 152 g/mol. The van der Waals surface area contributed by atoms with Crippen molar-refractivity contribution in [2.24, 2.45) is 11.8 Å². The van der Waals surface area contributed by atoms with Crippen molar-refractivity contribution in [3.05, 3.63) is 0 Å². The number of aliphatic carboxylic acids is 1. The fraction of sp³-hybridized carbons (Fsp3) is 0.900. The standard InChI is InChI=1S/C10H20O2/c1-4-5-6-9(10(11)12)7-8(2)3/h8-9H,4-7H2,1-3H3,(H,11,12). The van der Waals surface area contributed by atoms with Gasteiger partial charge >= 0.3 is 5.97 Å². The van der Waals surface area contributed by atoms with Gasteiger partial charge in [-0.25, -0.2) is 0 Å². The molecule has 0 aliphatic heterocycles. The third kappa shape index (κ3) is 5.16. The van der Waals surface area contributed by atoms with Gasteiger partial charge in [0.1, 0.15) is 0 Å². The van der Waals surface area contributed by atoms with Crippen LogP contribution in [0.1, 0.15) is 46.5 Å². The van der Waals surface area contributed by atoms with Crippen molar-refractivity contribution in [3.63, 3.8) is 0 Å². The van der Waals surface area contributed by atoms with Crippen molar-refractivity contribution in [2.75, 3.05) is 0 Å². The maximum absolute atomic E-state index is 10.7. The van der Waals surface area contributed by atoms with Crippen LogP contribution >= 0.6 is 0 Å². The highest BCUT2D eigenvalue weighted by atomic mass is 16.4. The molecule has 1 unspecified atom stereocenters. The predicted molar refractivity (Wildman–Crippen MR) is 50.1 cm³/mol. The summed E-state index contributed by atoms with van der Waals surface area (Å²) in [6.45, 7) is 6.23. The van der Waals surface area contributed by atoms with Gasteiger partial charge in [0.15, 0.2) is 0 Å². The Morgan fingerprint density at radius 1 is 1.42 bits per heavy atom. The molecule has 72 valence electrons. The quantitative estimate of drug-likeness (QED) is 0.668. The lowest BCUT2D eigenvalue weighted by molar-refractivity contribution is -0.142. The van der Waals surface area contributed by atoms with E-state index in [1.807, 2.05) is 0 Å². The lowest BCUT2D eigenvalue weighted by Crippen LogP contribution is -2.15. The SMILES string of the molecule is CCCCC(CC(C)C)C(=O)O. The van der Waals surface area contributed by atoms with E-state index in [4.69, 9.17) is 5.11 Å². The average Bonchev–Trinajstić information content (AvgIpc) is 1.96. The Kier molecular flexibility index (Phi) is 5.77. The zero-order valence-corrected chi connectivity index (χ0v) is 8.34. The fourth-order valence-electron chi connectivity index (χ4n) is 1.36. The molecule has 0 aromatic carbocycles. The number of carbonyl (C=O) groups is 1. The third-order valence-corrected chi connectivity index (χ3v) is 2.01. The molecule has 0 aliphatic rings. The van der Waals surface area contributed by atoms with Crippen LogP contribution in [0.4, 0.5) is 0 Å². The minimum absolute atomic E-state index is 0.120. The first-order valence-corrected chi connectivity index (χ1v) is 4.80. The minimum atomic E-state index is -0.628. The molecule has 0 amide bonds. The topological polar surface area (TPSA) is 37.3 Å². The molecule has 0 bridgehead atoms. The van der Waals surface area contributed by atoms with Crippen LogP contribution < -0.4 is 0 Å². The van der Waals surface area contributed by atoms with Crippen molar-refractivity contribution in [3.8, 4) is 0 Å². The highest BCUT2D eigenvalue weighted by molar-refractivity contribution is 5.69. The van der Waals surface area contributed by atoms with Crippen LogP contribution in [0, 0.1) is 11.8 Å². The Bertz CT molecular complexity index is 130. The molecule has 12 heavy (non-hydrogen) atoms. The molecule has 2 nitrogen and oxygen atoms in total. The van der Waals surface area contributed by atoms with E-state index >= 15 is 0 Å². The predicted octanol–water partition coefficient (Wildman–Crippen LogP) is 2.92. The molecule has 0 rings (SSSR count). The van der Waals surface area contributed by atoms with Crippen LogP contribution in [0.5, 0.6) is 0 Å². The van der Waals surface area contributed by atoms with Gasteiger partial charge in [0.05, 0.1) is 5.92 Å². The molecule has 0 heterocycles. The van der Waals surface area contributed by atoms with Crippen molar-refractivity contribution in [1.29, 1.82) is 0 Å². The molecule has 1 N–H and O–H groups in total. The van der Waals surface area contributed by atoms with Gasteiger partial charge in [-0.05, 0) is 18.8 Å². The summed E-state index contributed by atoms with van der Waals surface area (Å²) in [5, 5.41) is 8.85. The summed E-state index contributed by atoms with van der Waals surface area (Å²) in [7, 11) is 0. The Morgan fingerprint density at radius 3 is 2.33 bits per heavy atom. The van der Waals surface area contributed by atoms with E-state index < -0.39 is 5.97 Å². The van der Waals surface area contributed by atoms with E-state index in [2.05, 4.69) is 20.8 Å². The Morgan fingerprint density at radius 2 is 2.00 bits per heavy atom. The van der Waals surface area contributed by atoms with Crippen LogP contribution in [0.3, 0.4) is 0 Å². The molecule has 0 fully saturated rings. The van der Waals surface area contributed by atoms with E-state index in [9.17, 15) is 4.79 Å². The molecule has 0 aromatic heterocycles. The van der Waals surface area contributed by atoms with Gasteiger partial charge in [0.2, 0.25) is 0 Å². The van der Waals surface area contributed by atoms with E-state index in [1.54, 1.807) is 0 Å². The Hall–Kier alpha value is -0.530. The number of carboxylic acid groups (broad SMARTS) is 1. The summed E-state index contributed by atoms with van der Waals surface area (Å²) in [4.78, 5) is 10.7. The van der Waals surface area contributed by atoms with Gasteiger partial charge < -0.3 is 5.11 Å². The molecule has 0 saturated carbocycles. The van der Waals surface area contributed by atoms with E-state index in [1.165, 1.54) is 0 Å². The second kappa shape index (κ2) is 6.04. The van der Waals surface area contributed by atoms with E-state index in [-0.39, 0.29) is 5.92 Å². The second-order valence-electron chi connectivity index (χ2n) is 3.81. The fourth-order valence-corrected chi connectivity index (χ4v) is 1.36. The van der Waals surface area contributed by atoms with Gasteiger partial charge in [-0.15, -0.1) is 0 Å². The first-order valence-electron chi connectivity index (χ1n) is 4.80. The molecular formula is C10H20O2. The second-order valence-corrected chi connectivity index (χ2v) is 3.81. The van der Waals surface area contributed by atoms with Gasteiger partial charge in [0.25, 0.3) is 0 Å². The largest absolute Gasteiger partial charge is 0.481 e. The zero-order chi connectivity index (χ0) is 9.56. The number of rotatable bonds is 6. The monoisotopic (exact) mass is 172 g/mol. The summed E-state index contributed by atoms with van der Waals surface area (Å²) in [6.07, 6.45) is 3.77. The molecule has 0 aliphatic carbocycles.